The lowest BCUT2D eigenvalue weighted by atomic mass is 10.1. The third-order valence-electron chi connectivity index (χ3n) is 3.78. The Kier molecular flexibility index (Phi) is 7.02. The van der Waals surface area contributed by atoms with Crippen LogP contribution in [0.15, 0.2) is 52.9 Å². The first-order chi connectivity index (χ1) is 13.5. The lowest BCUT2D eigenvalue weighted by Crippen LogP contribution is -2.24. The van der Waals surface area contributed by atoms with Gasteiger partial charge >= 0.3 is 0 Å². The van der Waals surface area contributed by atoms with Gasteiger partial charge in [0.15, 0.2) is 4.34 Å². The molecule has 0 bridgehead atoms. The molecule has 1 heterocycles. The quantitative estimate of drug-likeness (QED) is 0.432. The minimum Gasteiger partial charge on any atom is -0.351 e. The molecule has 0 spiro atoms. The third kappa shape index (κ3) is 5.54. The Hall–Kier alpha value is -2.42. The second-order valence-electron chi connectivity index (χ2n) is 5.80. The number of aromatic nitrogens is 2. The Balaban J connectivity index is 1.48. The molecule has 3 rings (SSSR count). The maximum absolute atomic E-state index is 12.3. The number of carbonyl (C=O) groups excluding carboxylic acids is 2. The van der Waals surface area contributed by atoms with Gasteiger partial charge in [0.05, 0.1) is 5.75 Å². The number of hydrogen-bond donors (Lipinski definition) is 2. The molecule has 28 heavy (non-hydrogen) atoms. The number of nitrogens with one attached hydrogen (secondary N) is 2. The van der Waals surface area contributed by atoms with E-state index in [0.717, 1.165) is 11.1 Å². The highest BCUT2D eigenvalue weighted by Crippen LogP contribution is 2.26. The molecule has 2 N–H and O–H groups in total. The molecule has 1 aromatic heterocycles. The topological polar surface area (TPSA) is 84.0 Å². The van der Waals surface area contributed by atoms with Crippen molar-refractivity contribution in [3.8, 4) is 0 Å². The van der Waals surface area contributed by atoms with Crippen LogP contribution >= 0.6 is 34.7 Å². The largest absolute Gasteiger partial charge is 0.351 e. The summed E-state index contributed by atoms with van der Waals surface area (Å²) in [6, 6.07) is 14.7. The van der Waals surface area contributed by atoms with Crippen LogP contribution in [0.25, 0.3) is 0 Å². The molecule has 0 fully saturated rings. The molecule has 144 valence electrons. The Morgan fingerprint density at radius 3 is 2.64 bits per heavy atom. The van der Waals surface area contributed by atoms with Gasteiger partial charge in [0.25, 0.3) is 5.91 Å². The van der Waals surface area contributed by atoms with Gasteiger partial charge in [-0.15, -0.1) is 10.2 Å². The van der Waals surface area contributed by atoms with E-state index in [1.54, 1.807) is 12.1 Å². The van der Waals surface area contributed by atoms with E-state index in [0.29, 0.717) is 26.6 Å². The van der Waals surface area contributed by atoms with Crippen LogP contribution in [-0.2, 0) is 11.3 Å². The zero-order valence-electron chi connectivity index (χ0n) is 14.9. The van der Waals surface area contributed by atoms with E-state index in [1.165, 1.54) is 23.1 Å². The van der Waals surface area contributed by atoms with Crippen molar-refractivity contribution in [2.24, 2.45) is 0 Å². The van der Waals surface area contributed by atoms with E-state index in [2.05, 4.69) is 20.8 Å². The van der Waals surface area contributed by atoms with Crippen LogP contribution in [0, 0.1) is 6.92 Å². The molecular weight excluding hydrogens is 416 g/mol. The van der Waals surface area contributed by atoms with Crippen molar-refractivity contribution in [1.82, 2.24) is 15.5 Å². The van der Waals surface area contributed by atoms with Gasteiger partial charge in [-0.05, 0) is 30.2 Å². The molecule has 2 aromatic carbocycles. The fraction of sp³-hybridized carbons (Fsp3) is 0.158. The molecule has 0 unspecified atom stereocenters. The van der Waals surface area contributed by atoms with Gasteiger partial charge in [0, 0.05) is 17.1 Å². The fourth-order valence-corrected chi connectivity index (χ4v) is 4.10. The summed E-state index contributed by atoms with van der Waals surface area (Å²) in [6.07, 6.45) is 0. The minimum absolute atomic E-state index is 0.134. The van der Waals surface area contributed by atoms with E-state index in [1.807, 2.05) is 43.3 Å². The van der Waals surface area contributed by atoms with Gasteiger partial charge in [-0.3, -0.25) is 14.9 Å². The van der Waals surface area contributed by atoms with E-state index in [4.69, 9.17) is 11.6 Å². The summed E-state index contributed by atoms with van der Waals surface area (Å²) in [7, 11) is 0. The molecular formula is C19H17ClN4O2S2. The first-order valence-corrected chi connectivity index (χ1v) is 10.5. The summed E-state index contributed by atoms with van der Waals surface area (Å²) < 4.78 is 0.605. The number of anilines is 1. The van der Waals surface area contributed by atoms with Gasteiger partial charge in [0.2, 0.25) is 11.0 Å². The Labute approximate surface area is 175 Å². The van der Waals surface area contributed by atoms with Crippen LogP contribution in [-0.4, -0.2) is 27.8 Å². The van der Waals surface area contributed by atoms with Gasteiger partial charge < -0.3 is 5.32 Å². The third-order valence-corrected chi connectivity index (χ3v) is 6.12. The Bertz CT molecular complexity index is 993. The molecule has 0 aliphatic carbocycles. The molecule has 0 aliphatic heterocycles. The lowest BCUT2D eigenvalue weighted by molar-refractivity contribution is -0.118. The number of amides is 2. The number of hydrogen-bond acceptors (Lipinski definition) is 6. The van der Waals surface area contributed by atoms with Crippen LogP contribution in [0.1, 0.15) is 21.5 Å². The van der Waals surface area contributed by atoms with Crippen LogP contribution < -0.4 is 10.6 Å². The summed E-state index contributed by atoms with van der Waals surface area (Å²) in [5.74, 6) is -0.168. The molecule has 0 saturated carbocycles. The van der Waals surface area contributed by atoms with Crippen molar-refractivity contribution in [3.05, 3.63) is 70.2 Å². The van der Waals surface area contributed by atoms with Crippen molar-refractivity contribution in [2.45, 2.75) is 17.8 Å². The number of carbonyl (C=O) groups is 2. The van der Waals surface area contributed by atoms with Crippen molar-refractivity contribution in [1.29, 1.82) is 0 Å². The molecule has 3 aromatic rings. The SMILES string of the molecule is Cc1ccccc1C(=O)Nc1nnc(SCC(=O)NCc2ccccc2Cl)s1. The smallest absolute Gasteiger partial charge is 0.257 e. The summed E-state index contributed by atoms with van der Waals surface area (Å²) in [4.78, 5) is 24.3. The molecule has 0 saturated heterocycles. The summed E-state index contributed by atoms with van der Waals surface area (Å²) in [5.41, 5.74) is 2.33. The van der Waals surface area contributed by atoms with Crippen LogP contribution in [0.5, 0.6) is 0 Å². The highest BCUT2D eigenvalue weighted by atomic mass is 35.5. The molecule has 6 nitrogen and oxygen atoms in total. The molecule has 9 heteroatoms. The number of thioether (sulfide) groups is 1. The predicted molar refractivity (Wildman–Crippen MR) is 113 cm³/mol. The summed E-state index contributed by atoms with van der Waals surface area (Å²) in [6.45, 7) is 2.24. The van der Waals surface area contributed by atoms with E-state index >= 15 is 0 Å². The number of rotatable bonds is 7. The maximum atomic E-state index is 12.3. The first-order valence-electron chi connectivity index (χ1n) is 8.36. The Morgan fingerprint density at radius 2 is 1.86 bits per heavy atom. The molecule has 0 aliphatic rings. The first kappa shape index (κ1) is 20.3. The van der Waals surface area contributed by atoms with Crippen LogP contribution in [0.4, 0.5) is 5.13 Å². The number of nitrogens with zero attached hydrogens (tertiary/aromatic N) is 2. The second kappa shape index (κ2) is 9.68. The average molecular weight is 433 g/mol. The zero-order valence-corrected chi connectivity index (χ0v) is 17.3. The van der Waals surface area contributed by atoms with Crippen LogP contribution in [0.2, 0.25) is 5.02 Å². The van der Waals surface area contributed by atoms with E-state index in [9.17, 15) is 9.59 Å². The van der Waals surface area contributed by atoms with Crippen molar-refractivity contribution < 1.29 is 9.59 Å². The van der Waals surface area contributed by atoms with E-state index in [-0.39, 0.29) is 17.6 Å². The standard InChI is InChI=1S/C19H17ClN4O2S2/c1-12-6-2-4-8-14(12)17(26)22-18-23-24-19(28-18)27-11-16(25)21-10-13-7-3-5-9-15(13)20/h2-9H,10-11H2,1H3,(H,21,25)(H,22,23,26). The van der Waals surface area contributed by atoms with Gasteiger partial charge in [0.1, 0.15) is 0 Å². The van der Waals surface area contributed by atoms with Crippen molar-refractivity contribution in [3.63, 3.8) is 0 Å². The zero-order chi connectivity index (χ0) is 19.9. The molecule has 2 amide bonds. The average Bonchev–Trinajstić information content (AvgIpc) is 3.13. The monoisotopic (exact) mass is 432 g/mol. The Morgan fingerprint density at radius 1 is 1.11 bits per heavy atom. The highest BCUT2D eigenvalue weighted by Gasteiger charge is 2.13. The van der Waals surface area contributed by atoms with Gasteiger partial charge in [-0.25, -0.2) is 0 Å². The highest BCUT2D eigenvalue weighted by molar-refractivity contribution is 8.01. The van der Waals surface area contributed by atoms with Crippen molar-refractivity contribution in [2.75, 3.05) is 11.1 Å². The normalized spacial score (nSPS) is 10.5. The van der Waals surface area contributed by atoms with Gasteiger partial charge in [-0.2, -0.15) is 0 Å². The van der Waals surface area contributed by atoms with Crippen molar-refractivity contribution >= 4 is 51.6 Å². The predicted octanol–water partition coefficient (Wildman–Crippen LogP) is 4.16. The maximum Gasteiger partial charge on any atom is 0.257 e. The molecule has 0 atom stereocenters. The molecule has 0 radical (unpaired) electrons. The minimum atomic E-state index is -0.233. The lowest BCUT2D eigenvalue weighted by Gasteiger charge is -2.06. The number of halogens is 1. The van der Waals surface area contributed by atoms with Gasteiger partial charge in [-0.1, -0.05) is 71.1 Å². The van der Waals surface area contributed by atoms with Crippen LogP contribution in [0.3, 0.4) is 0 Å². The van der Waals surface area contributed by atoms with E-state index < -0.39 is 0 Å². The fourth-order valence-electron chi connectivity index (χ4n) is 2.32. The second-order valence-corrected chi connectivity index (χ2v) is 8.41. The number of aryl methyl sites for hydroxylation is 1. The number of benzene rings is 2. The summed E-state index contributed by atoms with van der Waals surface area (Å²) >= 11 is 8.56. The summed E-state index contributed by atoms with van der Waals surface area (Å²) in [5, 5.41) is 14.5.